The van der Waals surface area contributed by atoms with Gasteiger partial charge < -0.3 is 80.5 Å². The predicted octanol–water partition coefficient (Wildman–Crippen LogP) is 6.79. The average Bonchev–Trinajstić information content (AvgIpc) is 1.31. The molecule has 0 amide bonds. The number of hydrogen-bond donors (Lipinski definition) is 0. The minimum Gasteiger partial charge on any atom is -0.465 e. The molecule has 0 N–H and O–H groups in total. The van der Waals surface area contributed by atoms with Crippen molar-refractivity contribution in [3.8, 4) is 0 Å². The monoisotopic (exact) mass is 1220 g/mol. The number of carbonyl (C=O) groups is 5. The van der Waals surface area contributed by atoms with E-state index < -0.39 is 133 Å². The zero-order valence-corrected chi connectivity index (χ0v) is 49.5. The zero-order chi connectivity index (χ0) is 61.1. The van der Waals surface area contributed by atoms with E-state index in [1.54, 1.807) is 78.9 Å². The Morgan fingerprint density at radius 2 is 0.908 bits per heavy atom. The molecule has 5 aliphatic rings. The molecule has 0 radical (unpaired) electrons. The number of ether oxygens (including phenoxy) is 17. The van der Waals surface area contributed by atoms with Gasteiger partial charge in [0.1, 0.15) is 60.4 Å². The summed E-state index contributed by atoms with van der Waals surface area (Å²) < 4.78 is 109. The Morgan fingerprint density at radius 3 is 1.36 bits per heavy atom. The molecule has 5 aliphatic heterocycles. The largest absolute Gasteiger partial charge is 0.465 e. The van der Waals surface area contributed by atoms with Crippen LogP contribution in [-0.4, -0.2) is 180 Å². The molecule has 17 atom stereocenters. The van der Waals surface area contributed by atoms with E-state index in [-0.39, 0.29) is 49.7 Å². The lowest BCUT2D eigenvalue weighted by Gasteiger charge is -2.54. The summed E-state index contributed by atoms with van der Waals surface area (Å²) in [4.78, 5) is 70.4. The van der Waals surface area contributed by atoms with E-state index in [0.29, 0.717) is 5.75 Å². The van der Waals surface area contributed by atoms with Gasteiger partial charge in [0, 0.05) is 21.0 Å². The summed E-state index contributed by atoms with van der Waals surface area (Å²) in [5, 5.41) is 0. The van der Waals surface area contributed by atoms with Gasteiger partial charge in [-0.25, -0.2) is 24.0 Å². The lowest BCUT2D eigenvalue weighted by Crippen LogP contribution is -2.72. The van der Waals surface area contributed by atoms with E-state index >= 15 is 0 Å². The van der Waals surface area contributed by atoms with Crippen molar-refractivity contribution in [2.24, 2.45) is 0 Å². The zero-order valence-electron chi connectivity index (χ0n) is 48.7. The van der Waals surface area contributed by atoms with Crippen LogP contribution in [0.15, 0.2) is 152 Å². The average molecular weight is 1220 g/mol. The normalized spacial score (nSPS) is 32.0. The van der Waals surface area contributed by atoms with Crippen LogP contribution < -0.4 is 0 Å². The Hall–Kier alpha value is -6.68. The maximum absolute atomic E-state index is 14.9. The lowest BCUT2D eigenvalue weighted by molar-refractivity contribution is -0.421. The summed E-state index contributed by atoms with van der Waals surface area (Å²) in [6.07, 6.45) is -19.4. The van der Waals surface area contributed by atoms with Crippen LogP contribution in [0.2, 0.25) is 0 Å². The molecule has 0 bridgehead atoms. The molecule has 5 fully saturated rings. The third-order valence-corrected chi connectivity index (χ3v) is 16.3. The molecule has 5 heterocycles. The van der Waals surface area contributed by atoms with Gasteiger partial charge in [0.25, 0.3) is 11.6 Å². The summed E-state index contributed by atoms with van der Waals surface area (Å²) >= 11 is 1.38. The SMILES string of the molecule is CCS[C@@H]1O[C@H](COCc2ccccc2)[C@@H](O[C@@H]2O[C@@H]3CO[C@](C)(C(=O)OC)O[C@H]3[C@H](O[C@@H]3O[C@@H]4CO[C@](C)(C(=O)OC)O[C@H]4[C@H](OC)[C@H]3OC(=O)c3ccccc3)[C@H]2OC(=O)c2ccccc2)[C@H](OCc2ccccc2)[C@H]1OC(=O)c1ccccc1. The molecule has 10 rings (SSSR count). The fourth-order valence-corrected chi connectivity index (χ4v) is 11.8. The Morgan fingerprint density at radius 1 is 0.494 bits per heavy atom. The van der Waals surface area contributed by atoms with E-state index in [2.05, 4.69) is 0 Å². The highest BCUT2D eigenvalue weighted by Gasteiger charge is 2.63. The van der Waals surface area contributed by atoms with Gasteiger partial charge in [0.15, 0.2) is 30.9 Å². The minimum atomic E-state index is -2.12. The van der Waals surface area contributed by atoms with Crippen LogP contribution in [-0.2, 0) is 103 Å². The number of thioether (sulfide) groups is 1. The van der Waals surface area contributed by atoms with Gasteiger partial charge in [-0.2, -0.15) is 0 Å². The number of hydrogen-bond acceptors (Lipinski definition) is 23. The molecule has 5 saturated heterocycles. The molecule has 23 heteroatoms. The van der Waals surface area contributed by atoms with E-state index in [1.807, 2.05) is 67.6 Å². The Kier molecular flexibility index (Phi) is 21.2. The van der Waals surface area contributed by atoms with Crippen LogP contribution in [0.1, 0.15) is 63.0 Å². The molecule has 87 heavy (non-hydrogen) atoms. The molecule has 0 aliphatic carbocycles. The van der Waals surface area contributed by atoms with E-state index in [1.165, 1.54) is 52.0 Å². The molecule has 22 nitrogen and oxygen atoms in total. The highest BCUT2D eigenvalue weighted by Crippen LogP contribution is 2.43. The molecular formula is C64H70O22S. The van der Waals surface area contributed by atoms with Crippen LogP contribution in [0, 0.1) is 0 Å². The molecule has 0 unspecified atom stereocenters. The highest BCUT2D eigenvalue weighted by molar-refractivity contribution is 7.99. The smallest absolute Gasteiger partial charge is 0.366 e. The molecule has 0 aromatic heterocycles. The Bertz CT molecular complexity index is 3060. The van der Waals surface area contributed by atoms with Gasteiger partial charge in [-0.05, 0) is 53.3 Å². The maximum atomic E-state index is 14.9. The van der Waals surface area contributed by atoms with Crippen molar-refractivity contribution in [2.75, 3.05) is 46.9 Å². The first-order chi connectivity index (χ1) is 42.2. The third-order valence-electron chi connectivity index (χ3n) is 15.3. The number of rotatable bonds is 22. The first-order valence-corrected chi connectivity index (χ1v) is 29.5. The number of methoxy groups -OCH3 is 3. The van der Waals surface area contributed by atoms with Crippen LogP contribution >= 0.6 is 11.8 Å². The highest BCUT2D eigenvalue weighted by atomic mass is 32.2. The summed E-state index contributed by atoms with van der Waals surface area (Å²) in [7, 11) is 3.68. The van der Waals surface area contributed by atoms with Gasteiger partial charge in [-0.1, -0.05) is 122 Å². The number of carbonyl (C=O) groups excluding carboxylic acids is 5. The maximum Gasteiger partial charge on any atom is 0.366 e. The quantitative estimate of drug-likeness (QED) is 0.0512. The minimum absolute atomic E-state index is 0.00876. The summed E-state index contributed by atoms with van der Waals surface area (Å²) in [6.45, 7) is 4.01. The van der Waals surface area contributed by atoms with Gasteiger partial charge >= 0.3 is 29.8 Å². The van der Waals surface area contributed by atoms with E-state index in [4.69, 9.17) is 80.5 Å². The van der Waals surface area contributed by atoms with E-state index in [0.717, 1.165) is 18.2 Å². The fraction of sp³-hybridized carbons (Fsp3) is 0.453. The standard InChI is InChI=1S/C64H70O22S/c1-7-87-60-54(82-57(67)42-31-21-12-22-32-42)50(74-34-39-25-15-9-16-26-39)46(43(79-60)35-73-33-38-23-13-8-14-24-38)83-59-53(81-56(66)41-29-19-11-20-30-41)51(48-45(78-59)37-76-64(3,86-48)62(69)72-6)84-58-52(80-55(65)40-27-17-10-18-28-40)49(70-4)47-44(77-58)36-75-63(2,85-47)61(68)71-5/h8-32,43-54,58-60H,7,33-37H2,1-6H3/t43-,44-,45-,46-,47-,48-,49+,50+,51+,52-,53-,54-,58+,59+,60+,63+,64+/m1/s1. The lowest BCUT2D eigenvalue weighted by atomic mass is 9.94. The Labute approximate surface area is 507 Å². The van der Waals surface area contributed by atoms with Crippen LogP contribution in [0.3, 0.4) is 0 Å². The first kappa shape index (κ1) is 63.3. The molecule has 464 valence electrons. The van der Waals surface area contributed by atoms with E-state index in [9.17, 15) is 24.0 Å². The number of fused-ring (bicyclic) bond motifs is 2. The molecular weight excluding hydrogens is 1150 g/mol. The Balaban J connectivity index is 1.10. The second kappa shape index (κ2) is 29.1. The molecule has 0 spiro atoms. The first-order valence-electron chi connectivity index (χ1n) is 28.5. The topological polar surface area (TPSA) is 242 Å². The van der Waals surface area contributed by atoms with Crippen molar-refractivity contribution in [3.05, 3.63) is 179 Å². The van der Waals surface area contributed by atoms with Gasteiger partial charge in [-0.3, -0.25) is 0 Å². The van der Waals surface area contributed by atoms with Crippen molar-refractivity contribution < 1.29 is 104 Å². The predicted molar refractivity (Wildman–Crippen MR) is 305 cm³/mol. The van der Waals surface area contributed by atoms with Crippen LogP contribution in [0.5, 0.6) is 0 Å². The number of benzene rings is 5. The fourth-order valence-electron chi connectivity index (χ4n) is 10.9. The van der Waals surface area contributed by atoms with Gasteiger partial charge in [-0.15, -0.1) is 11.8 Å². The molecule has 5 aromatic carbocycles. The van der Waals surface area contributed by atoms with Crippen LogP contribution in [0.25, 0.3) is 0 Å². The molecule has 0 saturated carbocycles. The van der Waals surface area contributed by atoms with Gasteiger partial charge in [0.2, 0.25) is 0 Å². The molecule has 5 aromatic rings. The third kappa shape index (κ3) is 14.7. The second-order valence-corrected chi connectivity index (χ2v) is 22.5. The van der Waals surface area contributed by atoms with Crippen molar-refractivity contribution in [1.82, 2.24) is 0 Å². The summed E-state index contributed by atoms with van der Waals surface area (Å²) in [5.74, 6) is -7.73. The summed E-state index contributed by atoms with van der Waals surface area (Å²) in [6, 6.07) is 43.6. The summed E-state index contributed by atoms with van der Waals surface area (Å²) in [5.41, 5.74) is 1.28. The van der Waals surface area contributed by atoms with Crippen molar-refractivity contribution in [1.29, 1.82) is 0 Å². The van der Waals surface area contributed by atoms with Crippen molar-refractivity contribution in [2.45, 2.75) is 137 Å². The second-order valence-electron chi connectivity index (χ2n) is 21.1. The van der Waals surface area contributed by atoms with Crippen molar-refractivity contribution >= 4 is 41.6 Å². The van der Waals surface area contributed by atoms with Crippen LogP contribution in [0.4, 0.5) is 0 Å². The number of esters is 5. The van der Waals surface area contributed by atoms with Gasteiger partial charge in [0.05, 0.1) is 63.9 Å². The van der Waals surface area contributed by atoms with Crippen molar-refractivity contribution in [3.63, 3.8) is 0 Å².